The van der Waals surface area contributed by atoms with Crippen molar-refractivity contribution >= 4 is 35.0 Å². The van der Waals surface area contributed by atoms with Crippen LogP contribution in [-0.4, -0.2) is 41.8 Å². The average molecular weight is 350 g/mol. The van der Waals surface area contributed by atoms with Crippen molar-refractivity contribution in [3.05, 3.63) is 28.7 Å². The molecule has 128 valence electrons. The zero-order chi connectivity index (χ0) is 17.9. The average Bonchev–Trinajstić information content (AvgIpc) is 2.77. The molecule has 7 nitrogen and oxygen atoms in total. The highest BCUT2D eigenvalue weighted by Gasteiger charge is 2.31. The predicted octanol–water partition coefficient (Wildman–Crippen LogP) is 1.27. The fourth-order valence-corrected chi connectivity index (χ4v) is 2.74. The molecule has 2 rings (SSSR count). The second kappa shape index (κ2) is 7.39. The number of carboxylic acids is 1. The van der Waals surface area contributed by atoms with Crippen LogP contribution in [-0.2, 0) is 9.59 Å². The topological polar surface area (TPSA) is 96.0 Å². The Morgan fingerprint density at radius 2 is 2.08 bits per heavy atom. The van der Waals surface area contributed by atoms with Gasteiger partial charge in [-0.1, -0.05) is 6.07 Å². The maximum atomic E-state index is 11.9. The molecule has 8 heteroatoms. The highest BCUT2D eigenvalue weighted by atomic mass is 32.2. The van der Waals surface area contributed by atoms with Crippen LogP contribution in [0.2, 0.25) is 0 Å². The van der Waals surface area contributed by atoms with Crippen LogP contribution in [0.15, 0.2) is 23.1 Å². The summed E-state index contributed by atoms with van der Waals surface area (Å²) in [5.41, 5.74) is 0.630. The van der Waals surface area contributed by atoms with Crippen molar-refractivity contribution in [2.24, 2.45) is 0 Å². The maximum Gasteiger partial charge on any atom is 0.293 e. The molecule has 24 heavy (non-hydrogen) atoms. The Morgan fingerprint density at radius 1 is 1.38 bits per heavy atom. The first-order valence-corrected chi connectivity index (χ1v) is 8.01. The van der Waals surface area contributed by atoms with E-state index in [1.165, 1.54) is 14.0 Å². The minimum absolute atomic E-state index is 0.259. The van der Waals surface area contributed by atoms with Gasteiger partial charge in [-0.3, -0.25) is 14.5 Å². The molecule has 1 heterocycles. The maximum absolute atomic E-state index is 11.9. The third-order valence-electron chi connectivity index (χ3n) is 3.19. The van der Waals surface area contributed by atoms with Crippen molar-refractivity contribution in [3.63, 3.8) is 0 Å². The second-order valence-electron chi connectivity index (χ2n) is 4.96. The first-order chi connectivity index (χ1) is 11.3. The second-order valence-corrected chi connectivity index (χ2v) is 5.95. The van der Waals surface area contributed by atoms with Crippen molar-refractivity contribution in [2.45, 2.75) is 20.0 Å². The van der Waals surface area contributed by atoms with Gasteiger partial charge in [0.2, 0.25) is 0 Å². The quantitative estimate of drug-likeness (QED) is 0.713. The molecule has 0 aromatic heterocycles. The van der Waals surface area contributed by atoms with E-state index in [0.29, 0.717) is 22.8 Å². The lowest BCUT2D eigenvalue weighted by atomic mass is 10.2. The van der Waals surface area contributed by atoms with Gasteiger partial charge in [0.05, 0.1) is 17.5 Å². The molecule has 1 aromatic rings. The summed E-state index contributed by atoms with van der Waals surface area (Å²) in [7, 11) is 1.42. The molecule has 0 saturated carbocycles. The Bertz CT molecular complexity index is 715. The molecule has 0 N–H and O–H groups in total. The number of likely N-dealkylation sites (N-methyl/N-ethyl adjacent to an activating group) is 1. The SMILES string of the molecule is CCOc1cc(/C=C2/SC(=O)N(C)C2=O)ccc1O[C@@H](C)C(=O)[O-]. The molecule has 0 bridgehead atoms. The normalized spacial score (nSPS) is 17.3. The summed E-state index contributed by atoms with van der Waals surface area (Å²) in [6.45, 7) is 3.49. The van der Waals surface area contributed by atoms with E-state index in [9.17, 15) is 19.5 Å². The van der Waals surface area contributed by atoms with E-state index in [1.807, 2.05) is 0 Å². The van der Waals surface area contributed by atoms with Crippen molar-refractivity contribution < 1.29 is 29.0 Å². The van der Waals surface area contributed by atoms with E-state index in [0.717, 1.165) is 16.7 Å². The predicted molar refractivity (Wildman–Crippen MR) is 86.4 cm³/mol. The highest BCUT2D eigenvalue weighted by molar-refractivity contribution is 8.18. The summed E-state index contributed by atoms with van der Waals surface area (Å²) < 4.78 is 10.8. The van der Waals surface area contributed by atoms with Gasteiger partial charge in [-0.05, 0) is 49.4 Å². The van der Waals surface area contributed by atoms with Gasteiger partial charge in [-0.25, -0.2) is 0 Å². The summed E-state index contributed by atoms with van der Waals surface area (Å²) in [6.07, 6.45) is 0.440. The van der Waals surface area contributed by atoms with Gasteiger partial charge in [0, 0.05) is 7.05 Å². The summed E-state index contributed by atoms with van der Waals surface area (Å²) in [5, 5.41) is 10.5. The zero-order valence-corrected chi connectivity index (χ0v) is 14.2. The van der Waals surface area contributed by atoms with Gasteiger partial charge in [0.15, 0.2) is 11.5 Å². The van der Waals surface area contributed by atoms with Gasteiger partial charge in [0.25, 0.3) is 11.1 Å². The lowest BCUT2D eigenvalue weighted by Gasteiger charge is -2.18. The Balaban J connectivity index is 2.30. The number of imide groups is 1. The number of carbonyl (C=O) groups excluding carboxylic acids is 3. The first kappa shape index (κ1) is 17.9. The number of nitrogens with zero attached hydrogens (tertiary/aromatic N) is 1. The van der Waals surface area contributed by atoms with Gasteiger partial charge in [0.1, 0.15) is 6.10 Å². The minimum Gasteiger partial charge on any atom is -0.546 e. The van der Waals surface area contributed by atoms with Crippen LogP contribution in [0.1, 0.15) is 19.4 Å². The number of ether oxygens (including phenoxy) is 2. The standard InChI is InChI=1S/C16H17NO6S/c1-4-22-12-7-10(5-6-11(12)23-9(2)15(19)20)8-13-14(18)17(3)16(21)24-13/h5-9H,4H2,1-3H3,(H,19,20)/p-1/b13-8+/t9-/m0/s1. The Morgan fingerprint density at radius 3 is 2.62 bits per heavy atom. The monoisotopic (exact) mass is 350 g/mol. The number of thioether (sulfide) groups is 1. The Kier molecular flexibility index (Phi) is 5.50. The smallest absolute Gasteiger partial charge is 0.293 e. The molecule has 0 spiro atoms. The number of carbonyl (C=O) groups is 3. The number of hydrogen-bond donors (Lipinski definition) is 0. The van der Waals surface area contributed by atoms with Crippen LogP contribution in [0.5, 0.6) is 11.5 Å². The molecular weight excluding hydrogens is 334 g/mol. The summed E-state index contributed by atoms with van der Waals surface area (Å²) in [6, 6.07) is 4.81. The molecule has 2 amide bonds. The van der Waals surface area contributed by atoms with Crippen LogP contribution in [0.4, 0.5) is 4.79 Å². The van der Waals surface area contributed by atoms with E-state index >= 15 is 0 Å². The molecule has 0 radical (unpaired) electrons. The molecule has 0 aliphatic carbocycles. The molecule has 1 atom stereocenters. The number of carboxylic acid groups (broad SMARTS) is 1. The van der Waals surface area contributed by atoms with Crippen LogP contribution in [0.25, 0.3) is 6.08 Å². The third-order valence-corrected chi connectivity index (χ3v) is 4.15. The molecular formula is C16H16NO6S-. The van der Waals surface area contributed by atoms with E-state index in [1.54, 1.807) is 31.2 Å². The van der Waals surface area contributed by atoms with Crippen molar-refractivity contribution in [2.75, 3.05) is 13.7 Å². The lowest BCUT2D eigenvalue weighted by Crippen LogP contribution is -2.37. The zero-order valence-electron chi connectivity index (χ0n) is 13.4. The summed E-state index contributed by atoms with van der Waals surface area (Å²) in [4.78, 5) is 35.6. The lowest BCUT2D eigenvalue weighted by molar-refractivity contribution is -0.312. The Labute approximate surface area is 143 Å². The fourth-order valence-electron chi connectivity index (χ4n) is 1.92. The molecule has 1 aliphatic rings. The van der Waals surface area contributed by atoms with E-state index in [4.69, 9.17) is 9.47 Å². The van der Waals surface area contributed by atoms with E-state index in [-0.39, 0.29) is 16.9 Å². The molecule has 1 aromatic carbocycles. The van der Waals surface area contributed by atoms with Gasteiger partial charge >= 0.3 is 0 Å². The first-order valence-electron chi connectivity index (χ1n) is 7.19. The largest absolute Gasteiger partial charge is 0.546 e. The van der Waals surface area contributed by atoms with Gasteiger partial charge < -0.3 is 19.4 Å². The highest BCUT2D eigenvalue weighted by Crippen LogP contribution is 2.34. The fraction of sp³-hybridized carbons (Fsp3) is 0.312. The number of hydrogen-bond acceptors (Lipinski definition) is 7. The molecule has 1 fully saturated rings. The van der Waals surface area contributed by atoms with Crippen LogP contribution >= 0.6 is 11.8 Å². The summed E-state index contributed by atoms with van der Waals surface area (Å²) >= 11 is 0.855. The summed E-state index contributed by atoms with van der Waals surface area (Å²) in [5.74, 6) is -1.10. The van der Waals surface area contributed by atoms with Gasteiger partial charge in [-0.2, -0.15) is 0 Å². The molecule has 1 saturated heterocycles. The van der Waals surface area contributed by atoms with Crippen LogP contribution in [0, 0.1) is 0 Å². The molecule has 1 aliphatic heterocycles. The minimum atomic E-state index is -1.34. The van der Waals surface area contributed by atoms with Crippen LogP contribution in [0.3, 0.4) is 0 Å². The third kappa shape index (κ3) is 3.88. The Hall–Kier alpha value is -2.48. The number of amides is 2. The van der Waals surface area contributed by atoms with E-state index < -0.39 is 12.1 Å². The van der Waals surface area contributed by atoms with Crippen molar-refractivity contribution in [1.82, 2.24) is 4.90 Å². The number of aliphatic carboxylic acids is 1. The number of benzene rings is 1. The molecule has 0 unspecified atom stereocenters. The number of rotatable bonds is 6. The van der Waals surface area contributed by atoms with Crippen molar-refractivity contribution in [3.8, 4) is 11.5 Å². The van der Waals surface area contributed by atoms with Crippen LogP contribution < -0.4 is 14.6 Å². The van der Waals surface area contributed by atoms with Crippen molar-refractivity contribution in [1.29, 1.82) is 0 Å². The van der Waals surface area contributed by atoms with Gasteiger partial charge in [-0.15, -0.1) is 0 Å². The van der Waals surface area contributed by atoms with E-state index in [2.05, 4.69) is 0 Å².